The summed E-state index contributed by atoms with van der Waals surface area (Å²) >= 11 is 1.73. The molecule has 1 aliphatic carbocycles. The van der Waals surface area contributed by atoms with Crippen LogP contribution >= 0.6 is 11.8 Å². The van der Waals surface area contributed by atoms with Crippen LogP contribution in [0.3, 0.4) is 0 Å². The van der Waals surface area contributed by atoms with Crippen LogP contribution in [0.4, 0.5) is 4.79 Å². The van der Waals surface area contributed by atoms with Crippen LogP contribution in [0.1, 0.15) is 32.6 Å². The fourth-order valence-corrected chi connectivity index (χ4v) is 3.68. The minimum atomic E-state index is -0.723. The van der Waals surface area contributed by atoms with E-state index in [0.29, 0.717) is 19.4 Å². The Hall–Kier alpha value is -1.69. The Morgan fingerprint density at radius 2 is 1.87 bits per heavy atom. The monoisotopic (exact) mass is 336 g/mol. The normalized spacial score (nSPS) is 22.1. The molecule has 0 spiro atoms. The first kappa shape index (κ1) is 17.7. The van der Waals surface area contributed by atoms with Gasteiger partial charge in [-0.1, -0.05) is 25.1 Å². The molecule has 2 amide bonds. The van der Waals surface area contributed by atoms with Crippen LogP contribution in [-0.2, 0) is 4.79 Å². The second-order valence-electron chi connectivity index (χ2n) is 5.98. The van der Waals surface area contributed by atoms with Gasteiger partial charge in [0, 0.05) is 22.7 Å². The van der Waals surface area contributed by atoms with Crippen LogP contribution in [0.5, 0.6) is 0 Å². The summed E-state index contributed by atoms with van der Waals surface area (Å²) in [4.78, 5) is 24.0. The van der Waals surface area contributed by atoms with Gasteiger partial charge in [0.05, 0.1) is 5.92 Å². The third kappa shape index (κ3) is 6.14. The van der Waals surface area contributed by atoms with E-state index in [1.807, 2.05) is 18.2 Å². The van der Waals surface area contributed by atoms with Crippen molar-refractivity contribution in [1.82, 2.24) is 10.6 Å². The van der Waals surface area contributed by atoms with Crippen molar-refractivity contribution in [3.63, 3.8) is 0 Å². The summed E-state index contributed by atoms with van der Waals surface area (Å²) in [7, 11) is 0. The van der Waals surface area contributed by atoms with Crippen molar-refractivity contribution in [2.45, 2.75) is 48.8 Å². The Balaban J connectivity index is 1.64. The molecule has 6 heteroatoms. The molecule has 1 aromatic rings. The number of thioether (sulfide) groups is 1. The number of hydrogen-bond donors (Lipinski definition) is 3. The van der Waals surface area contributed by atoms with Crippen molar-refractivity contribution in [2.75, 3.05) is 6.54 Å². The Labute approximate surface area is 141 Å². The van der Waals surface area contributed by atoms with Crippen LogP contribution in [0.2, 0.25) is 0 Å². The van der Waals surface area contributed by atoms with Crippen molar-refractivity contribution < 1.29 is 14.7 Å². The maximum absolute atomic E-state index is 11.9. The summed E-state index contributed by atoms with van der Waals surface area (Å²) in [5, 5.41) is 15.1. The lowest BCUT2D eigenvalue weighted by Crippen LogP contribution is -2.45. The van der Waals surface area contributed by atoms with Gasteiger partial charge in [0.25, 0.3) is 0 Å². The van der Waals surface area contributed by atoms with Gasteiger partial charge in [-0.25, -0.2) is 4.79 Å². The fourth-order valence-electron chi connectivity index (χ4n) is 2.73. The fraction of sp³-hybridized carbons (Fsp3) is 0.529. The van der Waals surface area contributed by atoms with E-state index in [1.165, 1.54) is 4.90 Å². The van der Waals surface area contributed by atoms with Crippen LogP contribution in [0.15, 0.2) is 35.2 Å². The van der Waals surface area contributed by atoms with Crippen molar-refractivity contribution in [3.8, 4) is 0 Å². The number of amides is 2. The molecule has 1 unspecified atom stereocenters. The number of carbonyl (C=O) groups is 2. The number of aliphatic carboxylic acids is 1. The molecule has 0 saturated heterocycles. The van der Waals surface area contributed by atoms with E-state index >= 15 is 0 Å². The molecular weight excluding hydrogens is 312 g/mol. The van der Waals surface area contributed by atoms with Crippen LogP contribution in [0, 0.1) is 5.92 Å². The molecule has 2 rings (SSSR count). The SMILES string of the molecule is CC(CNC(=O)NC1CCC(C(=O)O)CC1)Sc1ccccc1. The number of rotatable bonds is 6. The van der Waals surface area contributed by atoms with Gasteiger partial charge in [-0.05, 0) is 37.8 Å². The number of hydrogen-bond acceptors (Lipinski definition) is 3. The molecular formula is C17H24N2O3S. The van der Waals surface area contributed by atoms with E-state index in [2.05, 4.69) is 29.7 Å². The molecule has 0 aromatic heterocycles. The van der Waals surface area contributed by atoms with Crippen LogP contribution in [0.25, 0.3) is 0 Å². The zero-order valence-corrected chi connectivity index (χ0v) is 14.1. The first-order valence-corrected chi connectivity index (χ1v) is 8.91. The topological polar surface area (TPSA) is 78.4 Å². The number of nitrogens with one attached hydrogen (secondary N) is 2. The lowest BCUT2D eigenvalue weighted by atomic mass is 9.86. The van der Waals surface area contributed by atoms with Gasteiger partial charge >= 0.3 is 12.0 Å². The summed E-state index contributed by atoms with van der Waals surface area (Å²) < 4.78 is 0. The van der Waals surface area contributed by atoms with Crippen LogP contribution in [-0.4, -0.2) is 34.9 Å². The lowest BCUT2D eigenvalue weighted by molar-refractivity contribution is -0.142. The number of benzene rings is 1. The number of carboxylic acid groups (broad SMARTS) is 1. The van der Waals surface area contributed by atoms with Crippen molar-refractivity contribution in [2.24, 2.45) is 5.92 Å². The molecule has 126 valence electrons. The van der Waals surface area contributed by atoms with Gasteiger partial charge in [-0.3, -0.25) is 4.79 Å². The second kappa shape index (κ2) is 8.82. The van der Waals surface area contributed by atoms with Crippen molar-refractivity contribution in [1.29, 1.82) is 0 Å². The van der Waals surface area contributed by atoms with Gasteiger partial charge < -0.3 is 15.7 Å². The minimum Gasteiger partial charge on any atom is -0.481 e. The number of urea groups is 1. The van der Waals surface area contributed by atoms with Gasteiger partial charge in [-0.2, -0.15) is 0 Å². The molecule has 0 radical (unpaired) electrons. The maximum atomic E-state index is 11.9. The van der Waals surface area contributed by atoms with E-state index in [0.717, 1.165) is 12.8 Å². The molecule has 23 heavy (non-hydrogen) atoms. The predicted molar refractivity (Wildman–Crippen MR) is 91.7 cm³/mol. The highest BCUT2D eigenvalue weighted by Crippen LogP contribution is 2.24. The number of carboxylic acids is 1. The Kier molecular flexibility index (Phi) is 6.77. The van der Waals surface area contributed by atoms with E-state index < -0.39 is 5.97 Å². The molecule has 3 N–H and O–H groups in total. The molecule has 5 nitrogen and oxygen atoms in total. The largest absolute Gasteiger partial charge is 0.481 e. The van der Waals surface area contributed by atoms with Crippen molar-refractivity contribution >= 4 is 23.8 Å². The van der Waals surface area contributed by atoms with E-state index in [-0.39, 0.29) is 23.2 Å². The lowest BCUT2D eigenvalue weighted by Gasteiger charge is -2.27. The predicted octanol–water partition coefficient (Wildman–Crippen LogP) is 3.11. The Bertz CT molecular complexity index is 516. The van der Waals surface area contributed by atoms with Crippen LogP contribution < -0.4 is 10.6 Å². The molecule has 0 heterocycles. The Morgan fingerprint density at radius 1 is 1.22 bits per heavy atom. The summed E-state index contributed by atoms with van der Waals surface area (Å²) in [6.07, 6.45) is 2.75. The molecule has 1 aliphatic rings. The summed E-state index contributed by atoms with van der Waals surface area (Å²) in [6.45, 7) is 2.67. The van der Waals surface area contributed by atoms with E-state index in [1.54, 1.807) is 11.8 Å². The molecule has 1 fully saturated rings. The first-order chi connectivity index (χ1) is 11.0. The quantitative estimate of drug-likeness (QED) is 0.698. The first-order valence-electron chi connectivity index (χ1n) is 8.03. The molecule has 1 atom stereocenters. The third-order valence-corrected chi connectivity index (χ3v) is 5.16. The van der Waals surface area contributed by atoms with Gasteiger partial charge in [0.1, 0.15) is 0 Å². The second-order valence-corrected chi connectivity index (χ2v) is 7.49. The molecule has 1 aromatic carbocycles. The van der Waals surface area contributed by atoms with Gasteiger partial charge in [0.15, 0.2) is 0 Å². The highest BCUT2D eigenvalue weighted by Gasteiger charge is 2.26. The summed E-state index contributed by atoms with van der Waals surface area (Å²) in [5.41, 5.74) is 0. The standard InChI is InChI=1S/C17H24N2O3S/c1-12(23-15-5-3-2-4-6-15)11-18-17(22)19-14-9-7-13(8-10-14)16(20)21/h2-6,12-14H,7-11H2,1H3,(H,20,21)(H2,18,19,22). The van der Waals surface area contributed by atoms with Gasteiger partial charge in [0.2, 0.25) is 0 Å². The summed E-state index contributed by atoms with van der Waals surface area (Å²) in [5.74, 6) is -0.974. The van der Waals surface area contributed by atoms with Crippen molar-refractivity contribution in [3.05, 3.63) is 30.3 Å². The number of carbonyl (C=O) groups excluding carboxylic acids is 1. The zero-order valence-electron chi connectivity index (χ0n) is 13.3. The molecule has 0 bridgehead atoms. The highest BCUT2D eigenvalue weighted by atomic mass is 32.2. The minimum absolute atomic E-state index is 0.0858. The third-order valence-electron chi connectivity index (χ3n) is 4.04. The summed E-state index contributed by atoms with van der Waals surface area (Å²) in [6, 6.07) is 10.0. The van der Waals surface area contributed by atoms with Gasteiger partial charge in [-0.15, -0.1) is 11.8 Å². The average Bonchev–Trinajstić information content (AvgIpc) is 2.54. The highest BCUT2D eigenvalue weighted by molar-refractivity contribution is 8.00. The zero-order chi connectivity index (χ0) is 16.7. The smallest absolute Gasteiger partial charge is 0.315 e. The maximum Gasteiger partial charge on any atom is 0.315 e. The van der Waals surface area contributed by atoms with E-state index in [4.69, 9.17) is 5.11 Å². The molecule has 0 aliphatic heterocycles. The average molecular weight is 336 g/mol. The molecule has 1 saturated carbocycles. The van der Waals surface area contributed by atoms with E-state index in [9.17, 15) is 9.59 Å². The Morgan fingerprint density at radius 3 is 2.48 bits per heavy atom.